The minimum Gasteiger partial charge on any atom is -0.438 e. The van der Waals surface area contributed by atoms with Crippen molar-refractivity contribution in [1.82, 2.24) is 9.13 Å². The maximum atomic E-state index is 13.6. The molecule has 6 rings (SSSR count). The number of nitriles is 2. The van der Waals surface area contributed by atoms with E-state index in [0.717, 1.165) is 9.13 Å². The summed E-state index contributed by atoms with van der Waals surface area (Å²) in [4.78, 5) is 27.2. The van der Waals surface area contributed by atoms with E-state index in [-0.39, 0.29) is 57.4 Å². The van der Waals surface area contributed by atoms with Crippen LogP contribution < -0.4 is 33.7 Å². The topological polar surface area (TPSA) is 218 Å². The van der Waals surface area contributed by atoms with Crippen molar-refractivity contribution in [3.8, 4) is 12.1 Å². The number of benzene rings is 2. The maximum Gasteiger partial charge on any atom is 0.265 e. The average molecular weight is 531 g/mol. The third kappa shape index (κ3) is 3.23. The van der Waals surface area contributed by atoms with Crippen molar-refractivity contribution < 1.29 is 8.83 Å². The van der Waals surface area contributed by atoms with Gasteiger partial charge in [0.05, 0.1) is 0 Å². The monoisotopic (exact) mass is 530 g/mol. The summed E-state index contributed by atoms with van der Waals surface area (Å²) in [5, 5.41) is 37.7. The van der Waals surface area contributed by atoms with Crippen LogP contribution in [0.15, 0.2) is 67.0 Å². The molecular formula is C28H18N8O4. The Balaban J connectivity index is 1.59. The van der Waals surface area contributed by atoms with Gasteiger partial charge in [-0.3, -0.25) is 29.5 Å². The molecule has 4 aromatic heterocycles. The summed E-state index contributed by atoms with van der Waals surface area (Å²) in [5.74, 6) is -0.323. The molecule has 6 N–H and O–H groups in total. The largest absolute Gasteiger partial charge is 0.438 e. The van der Waals surface area contributed by atoms with Gasteiger partial charge in [0.15, 0.2) is 0 Å². The number of fused-ring (bicyclic) bond motifs is 6. The van der Waals surface area contributed by atoms with Crippen molar-refractivity contribution >= 4 is 55.1 Å². The molecule has 0 saturated heterocycles. The van der Waals surface area contributed by atoms with Crippen LogP contribution in [0.2, 0.25) is 0 Å². The van der Waals surface area contributed by atoms with Crippen LogP contribution in [-0.4, -0.2) is 9.13 Å². The van der Waals surface area contributed by atoms with Crippen LogP contribution in [0, 0.1) is 33.5 Å². The zero-order chi connectivity index (χ0) is 28.3. The fourth-order valence-electron chi connectivity index (χ4n) is 5.16. The lowest BCUT2D eigenvalue weighted by Gasteiger charge is -2.17. The van der Waals surface area contributed by atoms with Gasteiger partial charge in [0, 0.05) is 34.6 Å². The normalized spacial score (nSPS) is 11.2. The number of nitrogens with two attached hydrogens (primary N) is 2. The number of rotatable bonds is 3. The third-order valence-corrected chi connectivity index (χ3v) is 6.97. The fourth-order valence-corrected chi connectivity index (χ4v) is 5.16. The van der Waals surface area contributed by atoms with Crippen molar-refractivity contribution in [3.63, 3.8) is 0 Å². The smallest absolute Gasteiger partial charge is 0.265 e. The summed E-state index contributed by atoms with van der Waals surface area (Å²) >= 11 is 0. The van der Waals surface area contributed by atoms with Crippen molar-refractivity contribution in [2.24, 2.45) is 0 Å². The average Bonchev–Trinajstić information content (AvgIpc) is 2.94. The van der Waals surface area contributed by atoms with Gasteiger partial charge in [-0.1, -0.05) is 36.4 Å². The maximum absolute atomic E-state index is 13.6. The van der Waals surface area contributed by atoms with Crippen LogP contribution >= 0.6 is 0 Å². The van der Waals surface area contributed by atoms with Gasteiger partial charge in [-0.05, 0) is 12.1 Å². The van der Waals surface area contributed by atoms with Gasteiger partial charge >= 0.3 is 0 Å². The van der Waals surface area contributed by atoms with Gasteiger partial charge in [-0.25, -0.2) is 0 Å². The molecule has 2 aromatic carbocycles. The van der Waals surface area contributed by atoms with E-state index in [1.165, 1.54) is 0 Å². The van der Waals surface area contributed by atoms with E-state index in [1.807, 2.05) is 12.1 Å². The first kappa shape index (κ1) is 24.2. The van der Waals surface area contributed by atoms with Crippen LogP contribution in [0.25, 0.3) is 43.5 Å². The number of hydrogen-bond acceptors (Lipinski definition) is 10. The number of aromatic nitrogens is 2. The summed E-state index contributed by atoms with van der Waals surface area (Å²) in [5.41, 5.74) is 10.9. The number of hydrogen-bond donors (Lipinski definition) is 4. The number of nitrogen functional groups attached to an aromatic ring is 2. The van der Waals surface area contributed by atoms with Crippen LogP contribution in [0.4, 0.5) is 11.6 Å². The predicted molar refractivity (Wildman–Crippen MR) is 146 cm³/mol. The molecule has 194 valence electrons. The van der Waals surface area contributed by atoms with Crippen molar-refractivity contribution in [3.05, 3.63) is 91.5 Å². The first-order valence-corrected chi connectivity index (χ1v) is 11.9. The molecular weight excluding hydrogens is 512 g/mol. The summed E-state index contributed by atoms with van der Waals surface area (Å²) in [6.07, 6.45) is 0. The molecule has 6 aromatic rings. The summed E-state index contributed by atoms with van der Waals surface area (Å²) < 4.78 is 13.2. The molecule has 0 aliphatic carbocycles. The molecule has 0 radical (unpaired) electrons. The van der Waals surface area contributed by atoms with Gasteiger partial charge in [0.25, 0.3) is 11.1 Å². The van der Waals surface area contributed by atoms with Gasteiger partial charge < -0.3 is 20.3 Å². The Morgan fingerprint density at radius 1 is 0.675 bits per heavy atom. The van der Waals surface area contributed by atoms with E-state index in [0.29, 0.717) is 21.9 Å². The molecule has 12 heteroatoms. The van der Waals surface area contributed by atoms with Crippen LogP contribution in [0.5, 0.6) is 0 Å². The molecule has 0 aliphatic heterocycles. The zero-order valence-electron chi connectivity index (χ0n) is 20.6. The third-order valence-electron chi connectivity index (χ3n) is 6.97. The van der Waals surface area contributed by atoms with E-state index < -0.39 is 22.2 Å². The predicted octanol–water partition coefficient (Wildman–Crippen LogP) is 2.38. The standard InChI is InChI=1S/C28H18N8O4/c29-11-15-19-13-5-1-3-7-17(13)39-25(33)21(19)27(37)35(23(15)31)9-10-36-24(32)16(12-30)20-14-6-2-4-8-18(14)40-26(34)22(20)28(36)38/h1-8,33-34H,9-10,31-32H2. The highest BCUT2D eigenvalue weighted by Gasteiger charge is 2.22. The van der Waals surface area contributed by atoms with E-state index in [2.05, 4.69) is 0 Å². The number of pyridine rings is 2. The van der Waals surface area contributed by atoms with E-state index in [4.69, 9.17) is 31.1 Å². The molecule has 0 atom stereocenters. The molecule has 0 bridgehead atoms. The summed E-state index contributed by atoms with van der Waals surface area (Å²) in [7, 11) is 0. The van der Waals surface area contributed by atoms with Gasteiger partial charge in [-0.15, -0.1) is 0 Å². The summed E-state index contributed by atoms with van der Waals surface area (Å²) in [6.45, 7) is -0.472. The first-order chi connectivity index (χ1) is 19.3. The van der Waals surface area contributed by atoms with Crippen molar-refractivity contribution in [2.75, 3.05) is 11.5 Å². The molecule has 0 fully saturated rings. The van der Waals surface area contributed by atoms with E-state index in [9.17, 15) is 20.1 Å². The Morgan fingerprint density at radius 3 is 1.43 bits per heavy atom. The van der Waals surface area contributed by atoms with Crippen LogP contribution in [0.1, 0.15) is 11.1 Å². The molecule has 4 heterocycles. The Labute approximate surface area is 222 Å². The zero-order valence-corrected chi connectivity index (χ0v) is 20.6. The quantitative estimate of drug-likeness (QED) is 0.248. The van der Waals surface area contributed by atoms with E-state index >= 15 is 0 Å². The Kier molecular flexibility index (Phi) is 5.28. The lowest BCUT2D eigenvalue weighted by atomic mass is 10.0. The number of nitrogens with one attached hydrogen (secondary N) is 2. The van der Waals surface area contributed by atoms with Crippen LogP contribution in [-0.2, 0) is 13.1 Å². The number of para-hydroxylation sites is 2. The molecule has 12 nitrogen and oxygen atoms in total. The van der Waals surface area contributed by atoms with Crippen molar-refractivity contribution in [2.45, 2.75) is 13.1 Å². The summed E-state index contributed by atoms with van der Waals surface area (Å²) in [6, 6.07) is 17.4. The van der Waals surface area contributed by atoms with Crippen LogP contribution in [0.3, 0.4) is 0 Å². The van der Waals surface area contributed by atoms with Gasteiger partial charge in [0.1, 0.15) is 56.8 Å². The minimum absolute atomic E-state index is 0.0228. The minimum atomic E-state index is -0.693. The fraction of sp³-hybridized carbons (Fsp3) is 0.0714. The number of nitrogens with zero attached hydrogens (tertiary/aromatic N) is 4. The molecule has 0 saturated carbocycles. The Bertz CT molecular complexity index is 2250. The Hall–Kier alpha value is -6.14. The molecule has 0 aliphatic rings. The molecule has 0 amide bonds. The van der Waals surface area contributed by atoms with Crippen molar-refractivity contribution in [1.29, 1.82) is 21.3 Å². The highest BCUT2D eigenvalue weighted by atomic mass is 16.3. The van der Waals surface area contributed by atoms with Gasteiger partial charge in [0.2, 0.25) is 11.1 Å². The lowest BCUT2D eigenvalue weighted by Crippen LogP contribution is -2.33. The Morgan fingerprint density at radius 2 is 1.05 bits per heavy atom. The number of anilines is 2. The molecule has 0 unspecified atom stereocenters. The highest BCUT2D eigenvalue weighted by molar-refractivity contribution is 6.09. The molecule has 0 spiro atoms. The van der Waals surface area contributed by atoms with E-state index in [1.54, 1.807) is 48.5 Å². The highest BCUT2D eigenvalue weighted by Crippen LogP contribution is 2.29. The molecule has 40 heavy (non-hydrogen) atoms. The second-order valence-electron chi connectivity index (χ2n) is 9.01. The second-order valence-corrected chi connectivity index (χ2v) is 9.01. The SMILES string of the molecule is N#Cc1c(N)n(CCn2c(N)c(C#N)c3c(c(=N)oc4ccccc43)c2=O)c(=O)c2c(=N)oc3ccccc3c12. The van der Waals surface area contributed by atoms with Gasteiger partial charge in [-0.2, -0.15) is 10.5 Å². The lowest BCUT2D eigenvalue weighted by molar-refractivity contribution is 0.533. The second kappa shape index (κ2) is 8.72. The first-order valence-electron chi connectivity index (χ1n) is 11.9.